The van der Waals surface area contributed by atoms with Crippen LogP contribution in [0, 0.1) is 6.92 Å². The van der Waals surface area contributed by atoms with E-state index in [0.717, 1.165) is 24.1 Å². The Hall–Kier alpha value is -2.96. The van der Waals surface area contributed by atoms with Crippen molar-refractivity contribution in [2.24, 2.45) is 0 Å². The Morgan fingerprint density at radius 1 is 1.21 bits per heavy atom. The number of aromatic amines is 1. The van der Waals surface area contributed by atoms with E-state index in [9.17, 15) is 4.79 Å². The lowest BCUT2D eigenvalue weighted by Crippen LogP contribution is -2.25. The van der Waals surface area contributed by atoms with Crippen LogP contribution in [0.2, 0.25) is 0 Å². The lowest BCUT2D eigenvalue weighted by molar-refractivity contribution is -0.121. The van der Waals surface area contributed by atoms with Gasteiger partial charge in [-0.1, -0.05) is 43.3 Å². The van der Waals surface area contributed by atoms with Gasteiger partial charge < -0.3 is 9.84 Å². The summed E-state index contributed by atoms with van der Waals surface area (Å²) >= 11 is 0. The highest BCUT2D eigenvalue weighted by Crippen LogP contribution is 2.20. The molecule has 2 heterocycles. The van der Waals surface area contributed by atoms with Gasteiger partial charge in [-0.2, -0.15) is 10.1 Å². The van der Waals surface area contributed by atoms with Crippen LogP contribution in [0.4, 0.5) is 0 Å². The van der Waals surface area contributed by atoms with Crippen LogP contribution in [0.25, 0.3) is 11.4 Å². The van der Waals surface area contributed by atoms with Gasteiger partial charge in [0, 0.05) is 30.6 Å². The summed E-state index contributed by atoms with van der Waals surface area (Å²) < 4.78 is 5.28. The van der Waals surface area contributed by atoms with Crippen LogP contribution < -0.4 is 5.32 Å². The second-order valence-corrected chi connectivity index (χ2v) is 7.26. The maximum atomic E-state index is 12.0. The fourth-order valence-electron chi connectivity index (χ4n) is 2.93. The van der Waals surface area contributed by atoms with Crippen LogP contribution in [-0.2, 0) is 17.6 Å². The van der Waals surface area contributed by atoms with Crippen LogP contribution in [0.15, 0.2) is 35.0 Å². The molecule has 1 amide bonds. The van der Waals surface area contributed by atoms with E-state index in [0.29, 0.717) is 37.0 Å². The van der Waals surface area contributed by atoms with E-state index in [-0.39, 0.29) is 5.91 Å². The third-order valence-electron chi connectivity index (χ3n) is 4.75. The van der Waals surface area contributed by atoms with E-state index in [1.165, 1.54) is 11.1 Å². The number of nitrogens with one attached hydrogen (secondary N) is 2. The van der Waals surface area contributed by atoms with Gasteiger partial charge in [0.25, 0.3) is 0 Å². The van der Waals surface area contributed by atoms with Crippen molar-refractivity contribution < 1.29 is 9.32 Å². The van der Waals surface area contributed by atoms with Crippen LogP contribution in [-0.4, -0.2) is 32.8 Å². The van der Waals surface area contributed by atoms with Crippen molar-refractivity contribution in [1.29, 1.82) is 0 Å². The standard InChI is InChI=1S/C21H27N5O2/c1-14(2)16-6-8-17(9-7-16)21-24-20(28-26-21)11-10-19(27)22-12-4-5-18-13-23-25-15(18)3/h6-9,13-14H,4-5,10-12H2,1-3H3,(H,22,27)(H,23,25). The molecule has 0 atom stereocenters. The maximum Gasteiger partial charge on any atom is 0.227 e. The molecule has 0 spiro atoms. The predicted molar refractivity (Wildman–Crippen MR) is 107 cm³/mol. The maximum absolute atomic E-state index is 12.0. The summed E-state index contributed by atoms with van der Waals surface area (Å²) in [5.41, 5.74) is 4.46. The molecule has 0 bridgehead atoms. The van der Waals surface area contributed by atoms with Crippen molar-refractivity contribution in [2.75, 3.05) is 6.54 Å². The molecule has 0 fully saturated rings. The van der Waals surface area contributed by atoms with E-state index in [4.69, 9.17) is 4.52 Å². The average molecular weight is 381 g/mol. The number of aryl methyl sites for hydroxylation is 3. The van der Waals surface area contributed by atoms with E-state index in [1.807, 2.05) is 25.3 Å². The number of aromatic nitrogens is 4. The number of rotatable bonds is 9. The lowest BCUT2D eigenvalue weighted by Gasteiger charge is -2.04. The molecule has 7 nitrogen and oxygen atoms in total. The summed E-state index contributed by atoms with van der Waals surface area (Å²) in [7, 11) is 0. The first kappa shape index (κ1) is 19.8. The second-order valence-electron chi connectivity index (χ2n) is 7.26. The zero-order chi connectivity index (χ0) is 19.9. The van der Waals surface area contributed by atoms with Crippen molar-refractivity contribution >= 4 is 5.91 Å². The Balaban J connectivity index is 1.41. The topological polar surface area (TPSA) is 96.7 Å². The van der Waals surface area contributed by atoms with Gasteiger partial charge in [0.1, 0.15) is 0 Å². The van der Waals surface area contributed by atoms with Crippen LogP contribution in [0.5, 0.6) is 0 Å². The quantitative estimate of drug-likeness (QED) is 0.552. The molecular formula is C21H27N5O2. The van der Waals surface area contributed by atoms with Crippen LogP contribution in [0.3, 0.4) is 0 Å². The monoisotopic (exact) mass is 381 g/mol. The minimum absolute atomic E-state index is 0.00930. The summed E-state index contributed by atoms with van der Waals surface area (Å²) in [6.45, 7) is 6.95. The Morgan fingerprint density at radius 2 is 2.00 bits per heavy atom. The van der Waals surface area contributed by atoms with Gasteiger partial charge in [-0.05, 0) is 36.8 Å². The number of benzene rings is 1. The first-order chi connectivity index (χ1) is 13.5. The minimum Gasteiger partial charge on any atom is -0.356 e. The average Bonchev–Trinajstić information content (AvgIpc) is 3.33. The van der Waals surface area contributed by atoms with Crippen LogP contribution >= 0.6 is 0 Å². The Morgan fingerprint density at radius 3 is 2.68 bits per heavy atom. The second kappa shape index (κ2) is 9.30. The highest BCUT2D eigenvalue weighted by Gasteiger charge is 2.11. The largest absolute Gasteiger partial charge is 0.356 e. The molecule has 7 heteroatoms. The van der Waals surface area contributed by atoms with E-state index < -0.39 is 0 Å². The van der Waals surface area contributed by atoms with Crippen molar-refractivity contribution in [1.82, 2.24) is 25.7 Å². The molecule has 3 aromatic rings. The summed E-state index contributed by atoms with van der Waals surface area (Å²) in [4.78, 5) is 16.4. The number of carbonyl (C=O) groups is 1. The first-order valence-corrected chi connectivity index (χ1v) is 9.71. The number of H-pyrrole nitrogens is 1. The van der Waals surface area contributed by atoms with Crippen LogP contribution in [0.1, 0.15) is 55.3 Å². The molecule has 1 aromatic carbocycles. The van der Waals surface area contributed by atoms with Gasteiger partial charge in [0.2, 0.25) is 17.6 Å². The molecule has 2 aromatic heterocycles. The third-order valence-corrected chi connectivity index (χ3v) is 4.75. The predicted octanol–water partition coefficient (Wildman–Crippen LogP) is 3.57. The van der Waals surface area contributed by atoms with Gasteiger partial charge in [0.05, 0.1) is 6.20 Å². The zero-order valence-electron chi connectivity index (χ0n) is 16.7. The van der Waals surface area contributed by atoms with Crippen molar-refractivity contribution in [2.45, 2.75) is 52.4 Å². The Labute approximate surface area is 164 Å². The lowest BCUT2D eigenvalue weighted by atomic mass is 10.0. The van der Waals surface area contributed by atoms with Gasteiger partial charge >= 0.3 is 0 Å². The smallest absolute Gasteiger partial charge is 0.227 e. The molecule has 0 unspecified atom stereocenters. The molecule has 0 aliphatic heterocycles. The van der Waals surface area contributed by atoms with Crippen molar-refractivity contribution in [3.8, 4) is 11.4 Å². The van der Waals surface area contributed by atoms with Gasteiger partial charge in [-0.15, -0.1) is 0 Å². The normalized spacial score (nSPS) is 11.1. The molecule has 0 saturated heterocycles. The number of amides is 1. The summed E-state index contributed by atoms with van der Waals surface area (Å²) in [5.74, 6) is 1.51. The summed E-state index contributed by atoms with van der Waals surface area (Å²) in [6, 6.07) is 8.15. The van der Waals surface area contributed by atoms with Crippen molar-refractivity contribution in [3.63, 3.8) is 0 Å². The fraction of sp³-hybridized carbons (Fsp3) is 0.429. The molecule has 0 aliphatic rings. The Bertz CT molecular complexity index is 896. The van der Waals surface area contributed by atoms with E-state index in [1.54, 1.807) is 0 Å². The minimum atomic E-state index is -0.00930. The SMILES string of the molecule is Cc1[nH]ncc1CCCNC(=O)CCc1nc(-c2ccc(C(C)C)cc2)no1. The molecule has 2 N–H and O–H groups in total. The number of carbonyl (C=O) groups excluding carboxylic acids is 1. The van der Waals surface area contributed by atoms with Gasteiger partial charge in [0.15, 0.2) is 0 Å². The van der Waals surface area contributed by atoms with Gasteiger partial charge in [-0.3, -0.25) is 9.89 Å². The molecule has 0 aliphatic carbocycles. The first-order valence-electron chi connectivity index (χ1n) is 9.71. The number of nitrogens with zero attached hydrogens (tertiary/aromatic N) is 3. The van der Waals surface area contributed by atoms with Crippen molar-refractivity contribution in [3.05, 3.63) is 53.2 Å². The third kappa shape index (κ3) is 5.28. The fourth-order valence-corrected chi connectivity index (χ4v) is 2.93. The highest BCUT2D eigenvalue weighted by molar-refractivity contribution is 5.76. The van der Waals surface area contributed by atoms with E-state index in [2.05, 4.69) is 51.6 Å². The molecule has 0 saturated carbocycles. The van der Waals surface area contributed by atoms with Gasteiger partial charge in [-0.25, -0.2) is 0 Å². The molecule has 3 rings (SSSR count). The molecule has 148 valence electrons. The molecular weight excluding hydrogens is 354 g/mol. The Kier molecular flexibility index (Phi) is 6.57. The highest BCUT2D eigenvalue weighted by atomic mass is 16.5. The summed E-state index contributed by atoms with van der Waals surface area (Å²) in [6.07, 6.45) is 4.37. The van der Waals surface area contributed by atoms with E-state index >= 15 is 0 Å². The summed E-state index contributed by atoms with van der Waals surface area (Å²) in [5, 5.41) is 13.9. The molecule has 28 heavy (non-hydrogen) atoms. The number of hydrogen-bond donors (Lipinski definition) is 2. The molecule has 0 radical (unpaired) electrons. The number of hydrogen-bond acceptors (Lipinski definition) is 5. The zero-order valence-corrected chi connectivity index (χ0v) is 16.7.